The Balaban J connectivity index is 1.85. The van der Waals surface area contributed by atoms with Crippen molar-refractivity contribution in [2.45, 2.75) is 13.0 Å². The number of benzene rings is 2. The van der Waals surface area contributed by atoms with E-state index in [-0.39, 0.29) is 16.8 Å². The van der Waals surface area contributed by atoms with Crippen molar-refractivity contribution in [2.24, 2.45) is 0 Å². The summed E-state index contributed by atoms with van der Waals surface area (Å²) >= 11 is 12.1. The van der Waals surface area contributed by atoms with Gasteiger partial charge in [-0.3, -0.25) is 9.59 Å². The van der Waals surface area contributed by atoms with Gasteiger partial charge in [0, 0.05) is 36.3 Å². The predicted octanol–water partition coefficient (Wildman–Crippen LogP) is 3.89. The van der Waals surface area contributed by atoms with Gasteiger partial charge in [0.05, 0.1) is 30.5 Å². The van der Waals surface area contributed by atoms with Gasteiger partial charge in [0.25, 0.3) is 5.91 Å². The molecule has 8 heteroatoms. The van der Waals surface area contributed by atoms with Gasteiger partial charge in [-0.05, 0) is 25.1 Å². The molecule has 0 radical (unpaired) electrons. The first kappa shape index (κ1) is 20.3. The van der Waals surface area contributed by atoms with Crippen LogP contribution in [0.25, 0.3) is 0 Å². The molecule has 1 saturated heterocycles. The minimum Gasteiger partial charge on any atom is -0.497 e. The summed E-state index contributed by atoms with van der Waals surface area (Å²) in [5, 5.41) is 0.708. The summed E-state index contributed by atoms with van der Waals surface area (Å²) in [7, 11) is 3.10. The van der Waals surface area contributed by atoms with Crippen molar-refractivity contribution in [1.82, 2.24) is 4.90 Å². The topological polar surface area (TPSA) is 59.1 Å². The average molecular weight is 423 g/mol. The third kappa shape index (κ3) is 3.88. The highest BCUT2D eigenvalue weighted by molar-refractivity contribution is 6.36. The van der Waals surface area contributed by atoms with Crippen LogP contribution >= 0.6 is 23.2 Å². The summed E-state index contributed by atoms with van der Waals surface area (Å²) in [6.07, 6.45) is 0. The van der Waals surface area contributed by atoms with Gasteiger partial charge in [-0.15, -0.1) is 0 Å². The molecule has 1 fully saturated rings. The molecule has 2 aromatic rings. The molecule has 1 aliphatic rings. The van der Waals surface area contributed by atoms with Crippen molar-refractivity contribution >= 4 is 40.7 Å². The van der Waals surface area contributed by atoms with E-state index in [1.54, 1.807) is 56.4 Å². The van der Waals surface area contributed by atoms with E-state index in [1.807, 2.05) is 0 Å². The van der Waals surface area contributed by atoms with E-state index in [0.717, 1.165) is 0 Å². The average Bonchev–Trinajstić information content (AvgIpc) is 2.69. The molecule has 1 atom stereocenters. The monoisotopic (exact) mass is 422 g/mol. The third-order valence-electron chi connectivity index (χ3n) is 4.73. The van der Waals surface area contributed by atoms with Crippen LogP contribution in [0.15, 0.2) is 36.4 Å². The van der Waals surface area contributed by atoms with Crippen LogP contribution in [-0.2, 0) is 4.79 Å². The molecule has 1 unspecified atom stereocenters. The molecular formula is C20H20Cl2N2O4. The number of hydrogen-bond donors (Lipinski definition) is 0. The second-order valence-electron chi connectivity index (χ2n) is 6.36. The van der Waals surface area contributed by atoms with Gasteiger partial charge in [-0.2, -0.15) is 0 Å². The minimum atomic E-state index is -0.648. The van der Waals surface area contributed by atoms with Crippen molar-refractivity contribution in [3.05, 3.63) is 52.0 Å². The lowest BCUT2D eigenvalue weighted by molar-refractivity contribution is -0.124. The third-order valence-corrected chi connectivity index (χ3v) is 5.27. The lowest BCUT2D eigenvalue weighted by atomic mass is 10.1. The highest BCUT2D eigenvalue weighted by atomic mass is 35.5. The van der Waals surface area contributed by atoms with Crippen LogP contribution in [0.2, 0.25) is 10.0 Å². The summed E-state index contributed by atoms with van der Waals surface area (Å²) in [6, 6.07) is 9.31. The van der Waals surface area contributed by atoms with E-state index >= 15 is 0 Å². The molecule has 2 aromatic carbocycles. The first-order chi connectivity index (χ1) is 13.3. The van der Waals surface area contributed by atoms with E-state index in [2.05, 4.69) is 0 Å². The fourth-order valence-corrected chi connectivity index (χ4v) is 3.66. The highest BCUT2D eigenvalue weighted by Gasteiger charge is 2.36. The lowest BCUT2D eigenvalue weighted by Crippen LogP contribution is -2.57. The molecule has 1 aliphatic heterocycles. The zero-order chi connectivity index (χ0) is 20.4. The SMILES string of the molecule is COc1cc(OC)cc(N2CCN(C(=O)c3ccc(Cl)cc3Cl)C(C)C2=O)c1. The fourth-order valence-electron chi connectivity index (χ4n) is 3.17. The van der Waals surface area contributed by atoms with E-state index in [0.29, 0.717) is 40.9 Å². The number of piperazine rings is 1. The molecule has 3 rings (SSSR count). The van der Waals surface area contributed by atoms with Crippen molar-refractivity contribution in [3.63, 3.8) is 0 Å². The molecule has 0 aliphatic carbocycles. The van der Waals surface area contributed by atoms with Crippen molar-refractivity contribution in [1.29, 1.82) is 0 Å². The van der Waals surface area contributed by atoms with Crippen molar-refractivity contribution in [3.8, 4) is 11.5 Å². The van der Waals surface area contributed by atoms with Crippen molar-refractivity contribution < 1.29 is 19.1 Å². The van der Waals surface area contributed by atoms with Crippen LogP contribution in [0.1, 0.15) is 17.3 Å². The van der Waals surface area contributed by atoms with Crippen LogP contribution in [0.3, 0.4) is 0 Å². The number of amides is 2. The summed E-state index contributed by atoms with van der Waals surface area (Å²) in [4.78, 5) is 29.1. The van der Waals surface area contributed by atoms with Gasteiger partial charge in [0.2, 0.25) is 5.91 Å². The second-order valence-corrected chi connectivity index (χ2v) is 7.20. The number of hydrogen-bond acceptors (Lipinski definition) is 4. The first-order valence-electron chi connectivity index (χ1n) is 8.66. The number of methoxy groups -OCH3 is 2. The largest absolute Gasteiger partial charge is 0.497 e. The first-order valence-corrected chi connectivity index (χ1v) is 9.41. The van der Waals surface area contributed by atoms with Crippen LogP contribution < -0.4 is 14.4 Å². The zero-order valence-corrected chi connectivity index (χ0v) is 17.3. The Kier molecular flexibility index (Phi) is 6.01. The molecule has 1 heterocycles. The predicted molar refractivity (Wildman–Crippen MR) is 109 cm³/mol. The Bertz CT molecular complexity index is 897. The van der Waals surface area contributed by atoms with Gasteiger partial charge in [0.15, 0.2) is 0 Å². The maximum absolute atomic E-state index is 13.0. The number of carbonyl (C=O) groups is 2. The Hall–Kier alpha value is -2.44. The summed E-state index contributed by atoms with van der Waals surface area (Å²) in [5.74, 6) is 0.674. The maximum atomic E-state index is 13.0. The molecular weight excluding hydrogens is 403 g/mol. The molecule has 6 nitrogen and oxygen atoms in total. The van der Waals surface area contributed by atoms with Crippen LogP contribution in [0, 0.1) is 0 Å². The number of ether oxygens (including phenoxy) is 2. The number of anilines is 1. The Labute approximate surface area is 173 Å². The maximum Gasteiger partial charge on any atom is 0.256 e. The molecule has 28 heavy (non-hydrogen) atoms. The quantitative estimate of drug-likeness (QED) is 0.749. The molecule has 0 spiro atoms. The summed E-state index contributed by atoms with van der Waals surface area (Å²) in [6.45, 7) is 2.41. The smallest absolute Gasteiger partial charge is 0.256 e. The number of nitrogens with zero attached hydrogens (tertiary/aromatic N) is 2. The molecule has 0 saturated carbocycles. The Morgan fingerprint density at radius 3 is 2.25 bits per heavy atom. The standard InChI is InChI=1S/C20H20Cl2N2O4/c1-12-19(25)24(14-9-15(27-2)11-16(10-14)28-3)7-6-23(12)20(26)17-5-4-13(21)8-18(17)22/h4-5,8-12H,6-7H2,1-3H3. The van der Waals surface area contributed by atoms with Crippen LogP contribution in [0.4, 0.5) is 5.69 Å². The van der Waals surface area contributed by atoms with E-state index in [9.17, 15) is 9.59 Å². The number of carbonyl (C=O) groups excluding carboxylic acids is 2. The normalized spacial score (nSPS) is 16.9. The summed E-state index contributed by atoms with van der Waals surface area (Å²) < 4.78 is 10.6. The minimum absolute atomic E-state index is 0.194. The highest BCUT2D eigenvalue weighted by Crippen LogP contribution is 2.31. The van der Waals surface area contributed by atoms with Gasteiger partial charge >= 0.3 is 0 Å². The van der Waals surface area contributed by atoms with E-state index in [4.69, 9.17) is 32.7 Å². The Morgan fingerprint density at radius 1 is 1.04 bits per heavy atom. The molecule has 0 aromatic heterocycles. The van der Waals surface area contributed by atoms with Crippen LogP contribution in [0.5, 0.6) is 11.5 Å². The zero-order valence-electron chi connectivity index (χ0n) is 15.7. The molecule has 2 amide bonds. The molecule has 0 N–H and O–H groups in total. The summed E-state index contributed by atoms with van der Waals surface area (Å²) in [5.41, 5.74) is 0.979. The van der Waals surface area contributed by atoms with Crippen molar-refractivity contribution in [2.75, 3.05) is 32.2 Å². The molecule has 0 bridgehead atoms. The van der Waals surface area contributed by atoms with Crippen LogP contribution in [-0.4, -0.2) is 50.1 Å². The van der Waals surface area contributed by atoms with Gasteiger partial charge < -0.3 is 19.3 Å². The number of halogens is 2. The Morgan fingerprint density at radius 2 is 1.68 bits per heavy atom. The van der Waals surface area contributed by atoms with Gasteiger partial charge in [-0.1, -0.05) is 23.2 Å². The lowest BCUT2D eigenvalue weighted by Gasteiger charge is -2.39. The molecule has 148 valence electrons. The second kappa shape index (κ2) is 8.29. The fraction of sp³-hybridized carbons (Fsp3) is 0.300. The van der Waals surface area contributed by atoms with Gasteiger partial charge in [-0.25, -0.2) is 0 Å². The van der Waals surface area contributed by atoms with Gasteiger partial charge in [0.1, 0.15) is 17.5 Å². The van der Waals surface area contributed by atoms with E-state index in [1.165, 1.54) is 11.0 Å². The number of rotatable bonds is 4. The van der Waals surface area contributed by atoms with E-state index < -0.39 is 6.04 Å².